The van der Waals surface area contributed by atoms with E-state index in [0.717, 1.165) is 5.56 Å². The van der Waals surface area contributed by atoms with Gasteiger partial charge in [-0.2, -0.15) is 12.6 Å². The van der Waals surface area contributed by atoms with Gasteiger partial charge in [0, 0.05) is 36.6 Å². The van der Waals surface area contributed by atoms with E-state index in [1.165, 1.54) is 11.1 Å². The quantitative estimate of drug-likeness (QED) is 0.201. The van der Waals surface area contributed by atoms with Crippen molar-refractivity contribution in [2.24, 2.45) is 5.41 Å². The molecule has 2 amide bonds. The first-order valence-electron chi connectivity index (χ1n) is 12.5. The molecule has 1 atom stereocenters. The van der Waals surface area contributed by atoms with Crippen molar-refractivity contribution in [2.45, 2.75) is 32.3 Å². The van der Waals surface area contributed by atoms with Gasteiger partial charge in [0.15, 0.2) is 0 Å². The molecule has 37 heavy (non-hydrogen) atoms. The normalized spacial score (nSPS) is 12.1. The van der Waals surface area contributed by atoms with Crippen molar-refractivity contribution in [3.8, 4) is 5.75 Å². The second-order valence-corrected chi connectivity index (χ2v) is 10.1. The number of hydrogen-bond donors (Lipinski definition) is 4. The van der Waals surface area contributed by atoms with Gasteiger partial charge in [0.1, 0.15) is 11.9 Å². The third-order valence-corrected chi connectivity index (χ3v) is 6.37. The number of carbonyl (C=O) groups excluding carboxylic acids is 2. The van der Waals surface area contributed by atoms with E-state index in [1.54, 1.807) is 13.8 Å². The van der Waals surface area contributed by atoms with Gasteiger partial charge in [0.25, 0.3) is 0 Å². The first kappa shape index (κ1) is 28.3. The lowest BCUT2D eigenvalue weighted by Crippen LogP contribution is -2.47. The molecule has 196 valence electrons. The monoisotopic (exact) mass is 520 g/mol. The molecule has 3 N–H and O–H groups in total. The molecule has 0 saturated heterocycles. The highest BCUT2D eigenvalue weighted by Crippen LogP contribution is 2.34. The zero-order valence-electron chi connectivity index (χ0n) is 21.4. The predicted octanol–water partition coefficient (Wildman–Crippen LogP) is 4.19. The van der Waals surface area contributed by atoms with Gasteiger partial charge in [-0.1, -0.05) is 86.6 Å². The highest BCUT2D eigenvalue weighted by Gasteiger charge is 2.34. The number of thiol groups is 1. The Bertz CT molecular complexity index is 1100. The predicted molar refractivity (Wildman–Crippen MR) is 150 cm³/mol. The van der Waals surface area contributed by atoms with Gasteiger partial charge in [0.2, 0.25) is 11.8 Å². The van der Waals surface area contributed by atoms with E-state index < -0.39 is 17.4 Å². The highest BCUT2D eigenvalue weighted by atomic mass is 32.1. The lowest BCUT2D eigenvalue weighted by atomic mass is 9.85. The Morgan fingerprint density at radius 1 is 0.865 bits per heavy atom. The van der Waals surface area contributed by atoms with Gasteiger partial charge >= 0.3 is 0 Å². The van der Waals surface area contributed by atoms with E-state index in [2.05, 4.69) is 53.6 Å². The Morgan fingerprint density at radius 3 is 2.05 bits per heavy atom. The van der Waals surface area contributed by atoms with E-state index in [0.29, 0.717) is 18.0 Å². The van der Waals surface area contributed by atoms with Crippen molar-refractivity contribution in [3.63, 3.8) is 0 Å². The molecule has 6 nitrogen and oxygen atoms in total. The topological polar surface area (TPSA) is 87.7 Å². The number of aliphatic hydroxyl groups is 1. The lowest BCUT2D eigenvalue weighted by Gasteiger charge is -2.29. The van der Waals surface area contributed by atoms with Crippen LogP contribution in [0.4, 0.5) is 0 Å². The molecule has 3 rings (SSSR count). The van der Waals surface area contributed by atoms with E-state index in [1.807, 2.05) is 54.6 Å². The van der Waals surface area contributed by atoms with E-state index >= 15 is 0 Å². The summed E-state index contributed by atoms with van der Waals surface area (Å²) in [6.45, 7) is 4.30. The number of amides is 2. The Morgan fingerprint density at radius 2 is 1.46 bits per heavy atom. The van der Waals surface area contributed by atoms with Crippen LogP contribution >= 0.6 is 12.6 Å². The van der Waals surface area contributed by atoms with E-state index in [9.17, 15) is 14.7 Å². The fourth-order valence-electron chi connectivity index (χ4n) is 4.03. The summed E-state index contributed by atoms with van der Waals surface area (Å²) in [5, 5.41) is 16.0. The van der Waals surface area contributed by atoms with Crippen LogP contribution in [0.3, 0.4) is 0 Å². The van der Waals surface area contributed by atoms with Crippen LogP contribution in [0.15, 0.2) is 84.9 Å². The summed E-state index contributed by atoms with van der Waals surface area (Å²) in [6.07, 6.45) is -1.16. The maximum absolute atomic E-state index is 12.5. The Labute approximate surface area is 224 Å². The number of rotatable bonds is 13. The van der Waals surface area contributed by atoms with Crippen LogP contribution in [0.1, 0.15) is 42.9 Å². The molecule has 3 aromatic carbocycles. The first-order valence-corrected chi connectivity index (χ1v) is 13.1. The fourth-order valence-corrected chi connectivity index (χ4v) is 4.15. The number of hydrogen-bond acceptors (Lipinski definition) is 5. The van der Waals surface area contributed by atoms with Crippen LogP contribution in [0.25, 0.3) is 0 Å². The number of nitrogens with one attached hydrogen (secondary N) is 2. The molecule has 0 fully saturated rings. The van der Waals surface area contributed by atoms with Gasteiger partial charge in [-0.25, -0.2) is 0 Å². The molecule has 0 saturated carbocycles. The molecule has 0 aliphatic rings. The van der Waals surface area contributed by atoms with Gasteiger partial charge in [-0.15, -0.1) is 0 Å². The van der Waals surface area contributed by atoms with Crippen LogP contribution in [-0.4, -0.2) is 48.5 Å². The molecule has 0 spiro atoms. The second-order valence-electron chi connectivity index (χ2n) is 9.62. The van der Waals surface area contributed by atoms with Gasteiger partial charge in [-0.3, -0.25) is 9.59 Å². The summed E-state index contributed by atoms with van der Waals surface area (Å²) in [5.74, 6) is 0.553. The molecule has 0 heterocycles. The maximum atomic E-state index is 12.5. The summed E-state index contributed by atoms with van der Waals surface area (Å²) in [7, 11) is 0. The van der Waals surface area contributed by atoms with Crippen LogP contribution in [0.2, 0.25) is 0 Å². The molecular formula is C30H36N2O4S. The fraction of sp³-hybridized carbons (Fsp3) is 0.333. The van der Waals surface area contributed by atoms with Crippen LogP contribution in [0.5, 0.6) is 5.75 Å². The lowest BCUT2D eigenvalue weighted by molar-refractivity contribution is -0.136. The summed E-state index contributed by atoms with van der Waals surface area (Å²) >= 11 is 4.04. The SMILES string of the molecule is CC(C)(COc1cccc(C(c2ccccc2)c2ccccc2)c1)C(O)C(=O)NCCC(=O)NCCS. The Kier molecular flexibility index (Phi) is 10.6. The van der Waals surface area contributed by atoms with E-state index in [-0.39, 0.29) is 31.4 Å². The van der Waals surface area contributed by atoms with Crippen LogP contribution in [-0.2, 0) is 9.59 Å². The third-order valence-electron chi connectivity index (χ3n) is 6.14. The average molecular weight is 521 g/mol. The average Bonchev–Trinajstić information content (AvgIpc) is 2.92. The Hall–Kier alpha value is -3.29. The molecule has 0 bridgehead atoms. The van der Waals surface area contributed by atoms with Crippen LogP contribution < -0.4 is 15.4 Å². The maximum Gasteiger partial charge on any atom is 0.249 e. The van der Waals surface area contributed by atoms with Gasteiger partial charge < -0.3 is 20.5 Å². The summed E-state index contributed by atoms with van der Waals surface area (Å²) in [5.41, 5.74) is 2.59. The largest absolute Gasteiger partial charge is 0.493 e. The minimum Gasteiger partial charge on any atom is -0.493 e. The zero-order chi connectivity index (χ0) is 26.7. The second kappa shape index (κ2) is 13.9. The molecule has 3 aromatic rings. The minimum absolute atomic E-state index is 0.0419. The minimum atomic E-state index is -1.29. The summed E-state index contributed by atoms with van der Waals surface area (Å²) in [6, 6.07) is 28.6. The number of carbonyl (C=O) groups is 2. The first-order chi connectivity index (χ1) is 17.8. The summed E-state index contributed by atoms with van der Waals surface area (Å²) < 4.78 is 6.08. The molecule has 0 aliphatic carbocycles. The highest BCUT2D eigenvalue weighted by molar-refractivity contribution is 7.80. The van der Waals surface area contributed by atoms with Crippen molar-refractivity contribution in [2.75, 3.05) is 25.4 Å². The molecule has 7 heteroatoms. The standard InChI is InChI=1S/C30H36N2O4S/c1-30(2,28(34)29(35)32-17-16-26(33)31-18-19-37)21-36-25-15-9-14-24(20-25)27(22-10-5-3-6-11-22)23-12-7-4-8-13-23/h3-15,20,27-28,34,37H,16-19,21H2,1-2H3,(H,31,33)(H,32,35). The number of aliphatic hydroxyl groups excluding tert-OH is 1. The third kappa shape index (κ3) is 8.37. The van der Waals surface area contributed by atoms with Crippen molar-refractivity contribution in [3.05, 3.63) is 102 Å². The van der Waals surface area contributed by atoms with Crippen molar-refractivity contribution in [1.29, 1.82) is 0 Å². The number of benzene rings is 3. The van der Waals surface area contributed by atoms with Crippen molar-refractivity contribution in [1.82, 2.24) is 10.6 Å². The molecule has 1 unspecified atom stereocenters. The van der Waals surface area contributed by atoms with Gasteiger partial charge in [0.05, 0.1) is 6.61 Å². The molecule has 0 aromatic heterocycles. The smallest absolute Gasteiger partial charge is 0.249 e. The van der Waals surface area contributed by atoms with Crippen molar-refractivity contribution < 1.29 is 19.4 Å². The summed E-state index contributed by atoms with van der Waals surface area (Å²) in [4.78, 5) is 24.2. The van der Waals surface area contributed by atoms with Crippen molar-refractivity contribution >= 4 is 24.4 Å². The van der Waals surface area contributed by atoms with Crippen LogP contribution in [0, 0.1) is 5.41 Å². The van der Waals surface area contributed by atoms with Gasteiger partial charge in [-0.05, 0) is 28.8 Å². The zero-order valence-corrected chi connectivity index (χ0v) is 22.3. The Balaban J connectivity index is 1.65. The molecule has 0 radical (unpaired) electrons. The van der Waals surface area contributed by atoms with E-state index in [4.69, 9.17) is 4.74 Å². The number of ether oxygens (including phenoxy) is 1. The molecular weight excluding hydrogens is 484 g/mol. The molecule has 0 aliphatic heterocycles.